The summed E-state index contributed by atoms with van der Waals surface area (Å²) in [7, 11) is 1.64. The van der Waals surface area contributed by atoms with E-state index in [-0.39, 0.29) is 29.5 Å². The minimum atomic E-state index is -0.563. The van der Waals surface area contributed by atoms with Gasteiger partial charge in [-0.25, -0.2) is 4.79 Å². The molecular weight excluding hydrogens is 668 g/mol. The van der Waals surface area contributed by atoms with Crippen LogP contribution in [0.15, 0.2) is 42.6 Å². The summed E-state index contributed by atoms with van der Waals surface area (Å²) in [5, 5.41) is 28.2. The molecule has 0 bridgehead atoms. The number of carbonyl (C=O) groups excluding carboxylic acids is 1. The summed E-state index contributed by atoms with van der Waals surface area (Å²) in [5.41, 5.74) is 2.69. The number of anilines is 4. The molecule has 2 unspecified atom stereocenters. The van der Waals surface area contributed by atoms with Crippen molar-refractivity contribution in [1.29, 1.82) is 10.5 Å². The summed E-state index contributed by atoms with van der Waals surface area (Å²) < 4.78 is 12.6. The predicted octanol–water partition coefficient (Wildman–Crippen LogP) is 6.67. The van der Waals surface area contributed by atoms with E-state index in [0.717, 1.165) is 42.7 Å². The molecule has 1 N–H and O–H groups in total. The van der Waals surface area contributed by atoms with Gasteiger partial charge in [-0.3, -0.25) is 0 Å². The monoisotopic (exact) mass is 708 g/mol. The molecule has 2 aliphatic heterocycles. The maximum atomic E-state index is 12.9. The van der Waals surface area contributed by atoms with Crippen LogP contribution in [0.4, 0.5) is 28.1 Å². The number of benzene rings is 2. The molecule has 264 valence electrons. The molecule has 4 heterocycles. The fourth-order valence-corrected chi connectivity index (χ4v) is 7.57. The quantitative estimate of drug-likeness (QED) is 0.209. The second kappa shape index (κ2) is 13.1. The molecule has 1 amide bonds. The number of halogens is 1. The van der Waals surface area contributed by atoms with Gasteiger partial charge in [-0.15, -0.1) is 0 Å². The Balaban J connectivity index is 1.20. The predicted molar refractivity (Wildman–Crippen MR) is 193 cm³/mol. The Morgan fingerprint density at radius 2 is 1.90 bits per heavy atom. The Bertz CT molecular complexity index is 2060. The zero-order valence-corrected chi connectivity index (χ0v) is 30.2. The summed E-state index contributed by atoms with van der Waals surface area (Å²) in [6, 6.07) is 16.2. The highest BCUT2D eigenvalue weighted by Gasteiger charge is 2.49. The number of fused-ring (bicyclic) bond motifs is 1. The Morgan fingerprint density at radius 1 is 1.14 bits per heavy atom. The summed E-state index contributed by atoms with van der Waals surface area (Å²) in [5.74, 6) is 1.55. The fraction of sp³-hybridized carbons (Fsp3) is 0.459. The Labute approximate surface area is 302 Å². The second-order valence-corrected chi connectivity index (χ2v) is 15.3. The number of hydrogen-bond donors (Lipinski definition) is 1. The first-order chi connectivity index (χ1) is 24.4. The van der Waals surface area contributed by atoms with Gasteiger partial charge in [-0.2, -0.15) is 30.1 Å². The maximum Gasteiger partial charge on any atom is 0.410 e. The van der Waals surface area contributed by atoms with Crippen molar-refractivity contribution in [2.24, 2.45) is 5.41 Å². The average molecular weight is 709 g/mol. The van der Waals surface area contributed by atoms with Crippen LogP contribution in [0.5, 0.6) is 5.75 Å². The van der Waals surface area contributed by atoms with E-state index >= 15 is 0 Å². The van der Waals surface area contributed by atoms with Gasteiger partial charge in [0.1, 0.15) is 23.0 Å². The van der Waals surface area contributed by atoms with Crippen molar-refractivity contribution in [1.82, 2.24) is 24.5 Å². The summed E-state index contributed by atoms with van der Waals surface area (Å²) >= 11 is 7.19. The van der Waals surface area contributed by atoms with Crippen LogP contribution in [0.1, 0.15) is 70.1 Å². The highest BCUT2D eigenvalue weighted by molar-refractivity contribution is 6.36. The summed E-state index contributed by atoms with van der Waals surface area (Å²) in [4.78, 5) is 28.8. The molecule has 2 aromatic carbocycles. The number of carbonyl (C=O) groups is 1. The second-order valence-electron chi connectivity index (χ2n) is 14.9. The first kappa shape index (κ1) is 34.2. The molecule has 7 rings (SSSR count). The highest BCUT2D eigenvalue weighted by Crippen LogP contribution is 2.47. The van der Waals surface area contributed by atoms with Crippen molar-refractivity contribution >= 4 is 46.6 Å². The number of amides is 1. The smallest absolute Gasteiger partial charge is 0.410 e. The van der Waals surface area contributed by atoms with E-state index in [9.17, 15) is 15.3 Å². The van der Waals surface area contributed by atoms with Gasteiger partial charge in [-0.05, 0) is 83.2 Å². The number of nitrogens with zero attached hydrogens (tertiary/aromatic N) is 9. The lowest BCUT2D eigenvalue weighted by molar-refractivity contribution is 0.0275. The van der Waals surface area contributed by atoms with Crippen LogP contribution < -0.4 is 19.9 Å². The molecule has 51 heavy (non-hydrogen) atoms. The molecule has 2 saturated heterocycles. The standard InChI is InChI=1S/C37H41ClN10O3/c1-23-16-37(12-13-45(21-37)35(49)51-36(2,3)4)22-47(23)30-15-25(17-39)14-29(31(30)38)42-33-43-32-26(18-40)19-41-48(32)34(44-33)46(27-8-9-27)20-24-6-10-28(50-5)11-7-24/h6-7,10-11,14-15,19,23,27H,8-9,12-13,16,20-22H2,1-5H3,(H,42,43). The van der Waals surface area contributed by atoms with Crippen molar-refractivity contribution in [2.45, 2.75) is 77.6 Å². The average Bonchev–Trinajstić information content (AvgIpc) is 3.59. The molecule has 4 aromatic rings. The van der Waals surface area contributed by atoms with Crippen LogP contribution in [-0.4, -0.2) is 75.0 Å². The molecule has 1 saturated carbocycles. The lowest BCUT2D eigenvalue weighted by Gasteiger charge is -2.29. The van der Waals surface area contributed by atoms with E-state index in [1.165, 1.54) is 6.20 Å². The molecule has 2 aromatic heterocycles. The number of methoxy groups -OCH3 is 1. The third kappa shape index (κ3) is 6.91. The Hall–Kier alpha value is -5.27. The lowest BCUT2D eigenvalue weighted by atomic mass is 9.85. The van der Waals surface area contributed by atoms with E-state index < -0.39 is 5.60 Å². The number of ether oxygens (including phenoxy) is 2. The van der Waals surface area contributed by atoms with Gasteiger partial charge in [0.15, 0.2) is 5.65 Å². The third-order valence-corrected chi connectivity index (χ3v) is 10.2. The van der Waals surface area contributed by atoms with Crippen LogP contribution in [0, 0.1) is 28.1 Å². The normalized spacial score (nSPS) is 20.0. The van der Waals surface area contributed by atoms with E-state index in [1.54, 1.807) is 22.6 Å². The molecule has 14 heteroatoms. The summed E-state index contributed by atoms with van der Waals surface area (Å²) in [6.45, 7) is 10.2. The van der Waals surface area contributed by atoms with Gasteiger partial charge in [-0.1, -0.05) is 23.7 Å². The number of nitriles is 2. The van der Waals surface area contributed by atoms with Crippen molar-refractivity contribution < 1.29 is 14.3 Å². The van der Waals surface area contributed by atoms with Crippen LogP contribution in [0.25, 0.3) is 5.65 Å². The van der Waals surface area contributed by atoms with Gasteiger partial charge in [0.25, 0.3) is 0 Å². The van der Waals surface area contributed by atoms with Crippen LogP contribution in [-0.2, 0) is 11.3 Å². The first-order valence-electron chi connectivity index (χ1n) is 17.2. The molecule has 1 spiro atoms. The number of rotatable bonds is 8. The largest absolute Gasteiger partial charge is 0.497 e. The fourth-order valence-electron chi connectivity index (χ4n) is 7.31. The molecule has 3 aliphatic rings. The zero-order chi connectivity index (χ0) is 36.1. The topological polar surface area (TPSA) is 148 Å². The van der Waals surface area contributed by atoms with E-state index in [1.807, 2.05) is 51.1 Å². The van der Waals surface area contributed by atoms with E-state index in [0.29, 0.717) is 59.6 Å². The van der Waals surface area contributed by atoms with Crippen LogP contribution >= 0.6 is 11.6 Å². The molecular formula is C37H41ClN10O3. The van der Waals surface area contributed by atoms with Gasteiger partial charge < -0.3 is 29.5 Å². The van der Waals surface area contributed by atoms with Gasteiger partial charge in [0, 0.05) is 43.7 Å². The van der Waals surface area contributed by atoms with E-state index in [4.69, 9.17) is 31.0 Å². The number of nitrogens with one attached hydrogen (secondary N) is 1. The molecule has 0 radical (unpaired) electrons. The van der Waals surface area contributed by atoms with Gasteiger partial charge in [0.05, 0.1) is 41.3 Å². The molecule has 1 aliphatic carbocycles. The number of hydrogen-bond acceptors (Lipinski definition) is 11. The number of aromatic nitrogens is 4. The summed E-state index contributed by atoms with van der Waals surface area (Å²) in [6.07, 6.45) is 4.93. The van der Waals surface area contributed by atoms with E-state index in [2.05, 4.69) is 39.3 Å². The number of likely N-dealkylation sites (tertiary alicyclic amines) is 1. The zero-order valence-electron chi connectivity index (χ0n) is 29.5. The SMILES string of the molecule is COc1ccc(CN(c2nc(Nc3cc(C#N)cc(N4CC5(CCN(C(=O)OC(C)(C)C)C5)CC4C)c3Cl)nc3c(C#N)cnn23)C2CC2)cc1. The van der Waals surface area contributed by atoms with Gasteiger partial charge in [0.2, 0.25) is 11.9 Å². The molecule has 2 atom stereocenters. The van der Waals surface area contributed by atoms with Crippen molar-refractivity contribution in [3.8, 4) is 17.9 Å². The molecule has 3 fully saturated rings. The Kier molecular flexibility index (Phi) is 8.80. The van der Waals surface area contributed by atoms with Crippen molar-refractivity contribution in [3.05, 3.63) is 64.3 Å². The highest BCUT2D eigenvalue weighted by atomic mass is 35.5. The molecule has 13 nitrogen and oxygen atoms in total. The minimum Gasteiger partial charge on any atom is -0.497 e. The maximum absolute atomic E-state index is 12.9. The first-order valence-corrected chi connectivity index (χ1v) is 17.6. The van der Waals surface area contributed by atoms with Crippen LogP contribution in [0.2, 0.25) is 5.02 Å². The minimum absolute atomic E-state index is 0.108. The Morgan fingerprint density at radius 3 is 2.57 bits per heavy atom. The van der Waals surface area contributed by atoms with Crippen molar-refractivity contribution in [2.75, 3.05) is 41.9 Å². The van der Waals surface area contributed by atoms with Crippen molar-refractivity contribution in [3.63, 3.8) is 0 Å². The third-order valence-electron chi connectivity index (χ3n) is 9.82. The van der Waals surface area contributed by atoms with Gasteiger partial charge >= 0.3 is 6.09 Å². The van der Waals surface area contributed by atoms with Crippen LogP contribution in [0.3, 0.4) is 0 Å². The lowest BCUT2D eigenvalue weighted by Crippen LogP contribution is -2.37.